The van der Waals surface area contributed by atoms with Crippen LogP contribution in [0.2, 0.25) is 0 Å². The maximum absolute atomic E-state index is 6.01. The van der Waals surface area contributed by atoms with Gasteiger partial charge in [-0.3, -0.25) is 0 Å². The van der Waals surface area contributed by atoms with E-state index in [9.17, 15) is 0 Å². The molecular formula is C14H22N2. The number of nitrogens with one attached hydrogen (secondary N) is 1. The van der Waals surface area contributed by atoms with Gasteiger partial charge in [0.2, 0.25) is 0 Å². The van der Waals surface area contributed by atoms with Crippen molar-refractivity contribution >= 4 is 5.69 Å². The summed E-state index contributed by atoms with van der Waals surface area (Å²) in [5, 5.41) is 3.42. The molecule has 0 aromatic heterocycles. The molecule has 16 heavy (non-hydrogen) atoms. The number of anilines is 1. The summed E-state index contributed by atoms with van der Waals surface area (Å²) in [6.45, 7) is 4.50. The Morgan fingerprint density at radius 2 is 2.31 bits per heavy atom. The van der Waals surface area contributed by atoms with Gasteiger partial charge in [0.05, 0.1) is 0 Å². The van der Waals surface area contributed by atoms with Gasteiger partial charge >= 0.3 is 0 Å². The Balaban J connectivity index is 2.13. The van der Waals surface area contributed by atoms with Crippen LogP contribution in [0.3, 0.4) is 0 Å². The Morgan fingerprint density at radius 1 is 1.44 bits per heavy atom. The van der Waals surface area contributed by atoms with Crippen molar-refractivity contribution in [3.63, 3.8) is 0 Å². The van der Waals surface area contributed by atoms with Gasteiger partial charge in [0.15, 0.2) is 0 Å². The Hall–Kier alpha value is -1.02. The van der Waals surface area contributed by atoms with E-state index in [1.54, 1.807) is 0 Å². The van der Waals surface area contributed by atoms with E-state index in [-0.39, 0.29) is 0 Å². The quantitative estimate of drug-likeness (QED) is 0.763. The lowest BCUT2D eigenvalue weighted by Crippen LogP contribution is -2.08. The number of rotatable bonds is 4. The van der Waals surface area contributed by atoms with E-state index in [0.717, 1.165) is 25.2 Å². The summed E-state index contributed by atoms with van der Waals surface area (Å²) in [4.78, 5) is 0. The fourth-order valence-corrected chi connectivity index (χ4v) is 2.40. The normalized spacial score (nSPS) is 20.2. The molecule has 1 aliphatic rings. The summed E-state index contributed by atoms with van der Waals surface area (Å²) in [6.07, 6.45) is 4.85. The Morgan fingerprint density at radius 3 is 3.00 bits per heavy atom. The Labute approximate surface area is 98.2 Å². The minimum Gasteiger partial charge on any atom is -0.399 e. The lowest BCUT2D eigenvalue weighted by atomic mass is 9.94. The monoisotopic (exact) mass is 218 g/mol. The van der Waals surface area contributed by atoms with Crippen molar-refractivity contribution in [2.45, 2.75) is 38.5 Å². The molecule has 2 rings (SSSR count). The highest BCUT2D eigenvalue weighted by atomic mass is 14.9. The fourth-order valence-electron chi connectivity index (χ4n) is 2.40. The molecule has 0 aliphatic carbocycles. The molecule has 2 nitrogen and oxygen atoms in total. The van der Waals surface area contributed by atoms with Crippen molar-refractivity contribution in [3.8, 4) is 0 Å². The molecule has 0 bridgehead atoms. The zero-order chi connectivity index (χ0) is 11.4. The van der Waals surface area contributed by atoms with Gasteiger partial charge in [0.1, 0.15) is 0 Å². The number of benzene rings is 1. The van der Waals surface area contributed by atoms with Crippen molar-refractivity contribution in [2.24, 2.45) is 0 Å². The van der Waals surface area contributed by atoms with Crippen LogP contribution in [0.4, 0.5) is 5.69 Å². The fraction of sp³-hybridized carbons (Fsp3) is 0.571. The number of hydrogen-bond acceptors (Lipinski definition) is 2. The van der Waals surface area contributed by atoms with Crippen molar-refractivity contribution in [1.82, 2.24) is 5.32 Å². The van der Waals surface area contributed by atoms with Crippen molar-refractivity contribution in [3.05, 3.63) is 29.3 Å². The van der Waals surface area contributed by atoms with Crippen LogP contribution in [0.15, 0.2) is 18.2 Å². The second kappa shape index (κ2) is 5.35. The average Bonchev–Trinajstić information content (AvgIpc) is 2.81. The zero-order valence-corrected chi connectivity index (χ0v) is 10.1. The van der Waals surface area contributed by atoms with Gasteiger partial charge in [-0.1, -0.05) is 25.5 Å². The third-order valence-corrected chi connectivity index (χ3v) is 3.50. The Kier molecular flexibility index (Phi) is 3.83. The number of unbranched alkanes of at least 4 members (excludes halogenated alkanes) is 1. The largest absolute Gasteiger partial charge is 0.399 e. The molecule has 0 saturated carbocycles. The first-order valence-electron chi connectivity index (χ1n) is 6.40. The van der Waals surface area contributed by atoms with Crippen LogP contribution in [0.1, 0.15) is 43.2 Å². The molecule has 1 aromatic rings. The van der Waals surface area contributed by atoms with Gasteiger partial charge in [-0.25, -0.2) is 0 Å². The van der Waals surface area contributed by atoms with Gasteiger partial charge in [-0.05, 0) is 48.9 Å². The third-order valence-electron chi connectivity index (χ3n) is 3.50. The molecule has 0 radical (unpaired) electrons. The minimum atomic E-state index is 0.695. The predicted octanol–water partition coefficient (Wildman–Crippen LogP) is 2.69. The lowest BCUT2D eigenvalue weighted by molar-refractivity contribution is 0.755. The Bertz CT molecular complexity index is 341. The van der Waals surface area contributed by atoms with Crippen molar-refractivity contribution in [2.75, 3.05) is 18.8 Å². The van der Waals surface area contributed by atoms with Gasteiger partial charge in [-0.15, -0.1) is 0 Å². The number of aryl methyl sites for hydroxylation is 1. The summed E-state index contributed by atoms with van der Waals surface area (Å²) < 4.78 is 0. The third kappa shape index (κ3) is 2.56. The predicted molar refractivity (Wildman–Crippen MR) is 69.7 cm³/mol. The van der Waals surface area contributed by atoms with E-state index in [4.69, 9.17) is 5.73 Å². The SMILES string of the molecule is CCCCc1cc(C2CCNC2)ccc1N. The zero-order valence-electron chi connectivity index (χ0n) is 10.1. The highest BCUT2D eigenvalue weighted by Crippen LogP contribution is 2.26. The second-order valence-corrected chi connectivity index (χ2v) is 4.75. The molecule has 1 heterocycles. The first-order valence-corrected chi connectivity index (χ1v) is 6.40. The first-order chi connectivity index (χ1) is 7.81. The second-order valence-electron chi connectivity index (χ2n) is 4.75. The topological polar surface area (TPSA) is 38.0 Å². The molecule has 1 aromatic carbocycles. The number of nitrogens with two attached hydrogens (primary N) is 1. The van der Waals surface area contributed by atoms with Crippen LogP contribution in [0.25, 0.3) is 0 Å². The van der Waals surface area contributed by atoms with Crippen LogP contribution in [0.5, 0.6) is 0 Å². The van der Waals surface area contributed by atoms with Crippen LogP contribution in [0, 0.1) is 0 Å². The lowest BCUT2D eigenvalue weighted by Gasteiger charge is -2.12. The molecule has 1 atom stereocenters. The van der Waals surface area contributed by atoms with Gasteiger partial charge in [0.25, 0.3) is 0 Å². The summed E-state index contributed by atoms with van der Waals surface area (Å²) >= 11 is 0. The number of hydrogen-bond donors (Lipinski definition) is 2. The summed E-state index contributed by atoms with van der Waals surface area (Å²) in [6, 6.07) is 6.60. The van der Waals surface area contributed by atoms with Crippen LogP contribution >= 0.6 is 0 Å². The van der Waals surface area contributed by atoms with Crippen molar-refractivity contribution < 1.29 is 0 Å². The molecular weight excluding hydrogens is 196 g/mol. The van der Waals surface area contributed by atoms with E-state index >= 15 is 0 Å². The molecule has 88 valence electrons. The van der Waals surface area contributed by atoms with Gasteiger partial charge < -0.3 is 11.1 Å². The molecule has 1 unspecified atom stereocenters. The average molecular weight is 218 g/mol. The molecule has 0 spiro atoms. The molecule has 2 heteroatoms. The van der Waals surface area contributed by atoms with E-state index < -0.39 is 0 Å². The van der Waals surface area contributed by atoms with E-state index in [0.29, 0.717) is 5.92 Å². The summed E-state index contributed by atoms with van der Waals surface area (Å²) in [7, 11) is 0. The maximum Gasteiger partial charge on any atom is 0.0346 e. The van der Waals surface area contributed by atoms with E-state index in [1.165, 1.54) is 30.4 Å². The van der Waals surface area contributed by atoms with E-state index in [1.807, 2.05) is 0 Å². The first kappa shape index (κ1) is 11.5. The summed E-state index contributed by atoms with van der Waals surface area (Å²) in [5.41, 5.74) is 9.78. The smallest absolute Gasteiger partial charge is 0.0346 e. The maximum atomic E-state index is 6.01. The van der Waals surface area contributed by atoms with E-state index in [2.05, 4.69) is 30.4 Å². The van der Waals surface area contributed by atoms with Crippen LogP contribution < -0.4 is 11.1 Å². The van der Waals surface area contributed by atoms with Gasteiger partial charge in [0, 0.05) is 12.2 Å². The summed E-state index contributed by atoms with van der Waals surface area (Å²) in [5.74, 6) is 0.695. The molecule has 0 amide bonds. The van der Waals surface area contributed by atoms with Crippen LogP contribution in [-0.4, -0.2) is 13.1 Å². The molecule has 1 fully saturated rings. The highest BCUT2D eigenvalue weighted by molar-refractivity contribution is 5.49. The molecule has 1 aliphatic heterocycles. The van der Waals surface area contributed by atoms with Crippen molar-refractivity contribution in [1.29, 1.82) is 0 Å². The minimum absolute atomic E-state index is 0.695. The molecule has 1 saturated heterocycles. The number of nitrogen functional groups attached to an aromatic ring is 1. The molecule has 3 N–H and O–H groups in total. The van der Waals surface area contributed by atoms with Crippen LogP contribution in [-0.2, 0) is 6.42 Å². The highest BCUT2D eigenvalue weighted by Gasteiger charge is 2.17. The van der Waals surface area contributed by atoms with Gasteiger partial charge in [-0.2, -0.15) is 0 Å². The standard InChI is InChI=1S/C14H22N2/c1-2-3-4-12-9-11(5-6-14(12)15)13-7-8-16-10-13/h5-6,9,13,16H,2-4,7-8,10,15H2,1H3.